The van der Waals surface area contributed by atoms with Gasteiger partial charge in [-0.05, 0) is 55.4 Å². The predicted octanol–water partition coefficient (Wildman–Crippen LogP) is 2.06. The van der Waals surface area contributed by atoms with Crippen LogP contribution in [-0.4, -0.2) is 64.2 Å². The van der Waals surface area contributed by atoms with E-state index in [1.807, 2.05) is 0 Å². The van der Waals surface area contributed by atoms with E-state index in [-0.39, 0.29) is 0 Å². The van der Waals surface area contributed by atoms with Crippen molar-refractivity contribution in [1.29, 1.82) is 0 Å². The summed E-state index contributed by atoms with van der Waals surface area (Å²) in [6.45, 7) is 11.5. The number of hydrogen-bond acceptors (Lipinski definition) is 10. The smallest absolute Gasteiger partial charge is 0.410 e. The second kappa shape index (κ2) is 11.5. The van der Waals surface area contributed by atoms with Gasteiger partial charge >= 0.3 is 24.0 Å². The minimum atomic E-state index is -1.55. The minimum absolute atomic E-state index is 0.535. The molecule has 0 fully saturated rings. The lowest BCUT2D eigenvalue weighted by atomic mass is 9.97. The molecule has 180 valence electrons. The first-order valence-corrected chi connectivity index (χ1v) is 10.2. The SMILES string of the molecule is CC(C)(C)C(=O)OCOC(=O)N[C@@H](C(=O)O)C(C)(C)SC(O)OCOC(=O)C(C)(C)C. The largest absolute Gasteiger partial charge is 0.480 e. The van der Waals surface area contributed by atoms with E-state index in [1.54, 1.807) is 41.5 Å². The van der Waals surface area contributed by atoms with Crippen LogP contribution in [-0.2, 0) is 33.3 Å². The van der Waals surface area contributed by atoms with Crippen LogP contribution in [0.2, 0.25) is 0 Å². The lowest BCUT2D eigenvalue weighted by Gasteiger charge is -2.32. The van der Waals surface area contributed by atoms with Crippen LogP contribution in [0.5, 0.6) is 0 Å². The lowest BCUT2D eigenvalue weighted by molar-refractivity contribution is -0.176. The Labute approximate surface area is 186 Å². The molecule has 0 bridgehead atoms. The summed E-state index contributed by atoms with van der Waals surface area (Å²) in [5, 5.41) is 21.6. The molecule has 0 rings (SSSR count). The molecule has 0 heterocycles. The highest BCUT2D eigenvalue weighted by atomic mass is 32.2. The van der Waals surface area contributed by atoms with Crippen LogP contribution in [0.4, 0.5) is 4.79 Å². The number of thioether (sulfide) groups is 1. The van der Waals surface area contributed by atoms with E-state index < -0.39 is 64.8 Å². The van der Waals surface area contributed by atoms with Crippen molar-refractivity contribution < 1.29 is 48.3 Å². The van der Waals surface area contributed by atoms with Gasteiger partial charge in [-0.25, -0.2) is 9.59 Å². The van der Waals surface area contributed by atoms with Crippen LogP contribution in [0, 0.1) is 10.8 Å². The normalized spacial score (nSPS) is 14.2. The lowest BCUT2D eigenvalue weighted by Crippen LogP contribution is -2.53. The van der Waals surface area contributed by atoms with Gasteiger partial charge in [0.05, 0.1) is 10.8 Å². The van der Waals surface area contributed by atoms with Crippen molar-refractivity contribution in [3.05, 3.63) is 0 Å². The Balaban J connectivity index is 4.73. The van der Waals surface area contributed by atoms with Crippen LogP contribution < -0.4 is 5.32 Å². The van der Waals surface area contributed by atoms with Crippen LogP contribution in [0.1, 0.15) is 55.4 Å². The van der Waals surface area contributed by atoms with Crippen molar-refractivity contribution in [3.8, 4) is 0 Å². The molecule has 11 nitrogen and oxygen atoms in total. The second-order valence-electron chi connectivity index (χ2n) is 9.14. The van der Waals surface area contributed by atoms with Gasteiger partial charge in [0.15, 0.2) is 6.79 Å². The highest BCUT2D eigenvalue weighted by molar-refractivity contribution is 8.01. The molecule has 12 heteroatoms. The first kappa shape index (κ1) is 28.9. The van der Waals surface area contributed by atoms with Crippen LogP contribution in [0.3, 0.4) is 0 Å². The number of carbonyl (C=O) groups is 4. The summed E-state index contributed by atoms with van der Waals surface area (Å²) in [6, 6.07) is -1.50. The third-order valence-corrected chi connectivity index (χ3v) is 4.80. The molecule has 0 spiro atoms. The third-order valence-electron chi connectivity index (χ3n) is 3.61. The van der Waals surface area contributed by atoms with Crippen molar-refractivity contribution in [1.82, 2.24) is 5.32 Å². The molecule has 0 aliphatic heterocycles. The Morgan fingerprint density at radius 2 is 1.29 bits per heavy atom. The maximum Gasteiger partial charge on any atom is 0.410 e. The van der Waals surface area contributed by atoms with Crippen molar-refractivity contribution in [2.24, 2.45) is 10.8 Å². The zero-order chi connectivity index (χ0) is 24.6. The maximum absolute atomic E-state index is 11.9. The molecule has 3 N–H and O–H groups in total. The third kappa shape index (κ3) is 11.2. The van der Waals surface area contributed by atoms with Gasteiger partial charge in [-0.3, -0.25) is 9.59 Å². The summed E-state index contributed by atoms with van der Waals surface area (Å²) >= 11 is 0.677. The zero-order valence-electron chi connectivity index (χ0n) is 19.1. The number of amides is 1. The van der Waals surface area contributed by atoms with E-state index in [9.17, 15) is 29.4 Å². The van der Waals surface area contributed by atoms with Gasteiger partial charge in [-0.15, -0.1) is 0 Å². The molecule has 0 radical (unpaired) electrons. The maximum atomic E-state index is 11.9. The number of carboxylic acid groups (broad SMARTS) is 1. The molecule has 1 unspecified atom stereocenters. The van der Waals surface area contributed by atoms with E-state index in [2.05, 4.69) is 5.32 Å². The van der Waals surface area contributed by atoms with Gasteiger partial charge in [-0.1, -0.05) is 11.8 Å². The molecule has 0 aromatic carbocycles. The van der Waals surface area contributed by atoms with Crippen LogP contribution in [0.15, 0.2) is 0 Å². The average Bonchev–Trinajstić information content (AvgIpc) is 2.56. The molecular weight excluding hydrogens is 434 g/mol. The van der Waals surface area contributed by atoms with Crippen molar-refractivity contribution in [3.63, 3.8) is 0 Å². The summed E-state index contributed by atoms with van der Waals surface area (Å²) in [7, 11) is 0. The summed E-state index contributed by atoms with van der Waals surface area (Å²) < 4.78 is 18.1. The fourth-order valence-corrected chi connectivity index (χ4v) is 2.71. The molecule has 1 amide bonds. The number of ether oxygens (including phenoxy) is 4. The Bertz CT molecular complexity index is 651. The second-order valence-corrected chi connectivity index (χ2v) is 10.8. The molecule has 2 atom stereocenters. The average molecular weight is 468 g/mol. The number of rotatable bonds is 10. The number of aliphatic hydroxyl groups excluding tert-OH is 1. The molecule has 0 saturated carbocycles. The van der Waals surface area contributed by atoms with Crippen molar-refractivity contribution in [2.45, 2.75) is 71.8 Å². The van der Waals surface area contributed by atoms with Gasteiger partial charge in [0.1, 0.15) is 6.04 Å². The van der Waals surface area contributed by atoms with Gasteiger partial charge in [-0.2, -0.15) is 0 Å². The highest BCUT2D eigenvalue weighted by Gasteiger charge is 2.40. The number of nitrogens with one attached hydrogen (secondary N) is 1. The molecule has 0 saturated heterocycles. The van der Waals surface area contributed by atoms with E-state index >= 15 is 0 Å². The quantitative estimate of drug-likeness (QED) is 0.319. The summed E-state index contributed by atoms with van der Waals surface area (Å²) in [5.74, 6) is -2.53. The van der Waals surface area contributed by atoms with Crippen LogP contribution >= 0.6 is 11.8 Å². The van der Waals surface area contributed by atoms with Crippen molar-refractivity contribution >= 4 is 35.8 Å². The monoisotopic (exact) mass is 467 g/mol. The molecular formula is C19H33NO10S. The Hall–Kier alpha value is -2.05. The Morgan fingerprint density at radius 1 is 0.839 bits per heavy atom. The van der Waals surface area contributed by atoms with Gasteiger partial charge in [0.2, 0.25) is 12.4 Å². The van der Waals surface area contributed by atoms with Gasteiger partial charge in [0.25, 0.3) is 0 Å². The zero-order valence-corrected chi connectivity index (χ0v) is 20.0. The first-order chi connectivity index (χ1) is 13.9. The molecule has 31 heavy (non-hydrogen) atoms. The summed E-state index contributed by atoms with van der Waals surface area (Å²) in [5.41, 5.74) is -3.09. The Morgan fingerprint density at radius 3 is 1.71 bits per heavy atom. The van der Waals surface area contributed by atoms with E-state index in [1.165, 1.54) is 13.8 Å². The summed E-state index contributed by atoms with van der Waals surface area (Å²) in [4.78, 5) is 46.9. The van der Waals surface area contributed by atoms with Crippen LogP contribution in [0.25, 0.3) is 0 Å². The fourth-order valence-electron chi connectivity index (χ4n) is 1.77. The number of aliphatic carboxylic acids is 1. The number of hydrogen-bond donors (Lipinski definition) is 3. The first-order valence-electron chi connectivity index (χ1n) is 9.36. The van der Waals surface area contributed by atoms with E-state index in [0.29, 0.717) is 11.8 Å². The predicted molar refractivity (Wildman–Crippen MR) is 111 cm³/mol. The highest BCUT2D eigenvalue weighted by Crippen LogP contribution is 2.32. The minimum Gasteiger partial charge on any atom is -0.480 e. The van der Waals surface area contributed by atoms with Gasteiger partial charge in [0, 0.05) is 4.75 Å². The fraction of sp³-hybridized carbons (Fsp3) is 0.789. The topological polar surface area (TPSA) is 158 Å². The number of carboxylic acids is 1. The molecule has 0 aliphatic rings. The molecule has 0 aliphatic carbocycles. The number of esters is 2. The standard InChI is InChI=1S/C19H33NO10S/c1-17(2,3)13(23)27-9-29-15(25)20-11(12(21)22)19(7,8)31-16(26)30-10-28-14(24)18(4,5)6/h11,16,26H,9-10H2,1-8H3,(H,20,25)(H,21,22)/t11-,16?/m0/s1. The molecule has 0 aromatic rings. The number of aliphatic hydroxyl groups is 1. The van der Waals surface area contributed by atoms with Gasteiger partial charge < -0.3 is 34.5 Å². The van der Waals surface area contributed by atoms with Crippen molar-refractivity contribution in [2.75, 3.05) is 13.6 Å². The number of alkyl carbamates (subject to hydrolysis) is 1. The van der Waals surface area contributed by atoms with E-state index in [4.69, 9.17) is 18.9 Å². The Kier molecular flexibility index (Phi) is 10.8. The summed E-state index contributed by atoms with van der Waals surface area (Å²) in [6.07, 6.45) is -1.13. The molecule has 0 aromatic heterocycles. The number of carbonyl (C=O) groups excluding carboxylic acids is 3. The van der Waals surface area contributed by atoms with E-state index in [0.717, 1.165) is 0 Å².